The molecule has 0 saturated carbocycles. The lowest BCUT2D eigenvalue weighted by Crippen LogP contribution is -2.28. The van der Waals surface area contributed by atoms with Gasteiger partial charge < -0.3 is 9.32 Å². The summed E-state index contributed by atoms with van der Waals surface area (Å²) in [5.74, 6) is 1.56. The van der Waals surface area contributed by atoms with Crippen LogP contribution in [-0.2, 0) is 0 Å². The van der Waals surface area contributed by atoms with E-state index in [9.17, 15) is 0 Å². The van der Waals surface area contributed by atoms with E-state index in [1.165, 1.54) is 0 Å². The first-order chi connectivity index (χ1) is 13.6. The van der Waals surface area contributed by atoms with Gasteiger partial charge in [0, 0.05) is 23.6 Å². The molecule has 0 bridgehead atoms. The predicted octanol–water partition coefficient (Wildman–Crippen LogP) is 6.24. The van der Waals surface area contributed by atoms with Crippen molar-refractivity contribution < 1.29 is 4.42 Å². The largest absolute Gasteiger partial charge is 0.459 e. The molecule has 0 radical (unpaired) electrons. The van der Waals surface area contributed by atoms with Crippen molar-refractivity contribution in [1.82, 2.24) is 9.88 Å². The molecule has 5 rings (SSSR count). The molecule has 3 aromatic rings. The number of amidine groups is 1. The molecule has 2 aliphatic heterocycles. The second-order valence-electron chi connectivity index (χ2n) is 6.94. The van der Waals surface area contributed by atoms with Crippen LogP contribution in [0.1, 0.15) is 30.5 Å². The van der Waals surface area contributed by atoms with Crippen LogP contribution in [0.4, 0.5) is 0 Å². The van der Waals surface area contributed by atoms with Gasteiger partial charge in [0.2, 0.25) is 0 Å². The minimum absolute atomic E-state index is 0.0194. The van der Waals surface area contributed by atoms with Crippen molar-refractivity contribution in [2.24, 2.45) is 4.99 Å². The third kappa shape index (κ3) is 3.02. The van der Waals surface area contributed by atoms with E-state index < -0.39 is 0 Å². The van der Waals surface area contributed by atoms with E-state index in [0.29, 0.717) is 21.1 Å². The van der Waals surface area contributed by atoms with Gasteiger partial charge in [-0.1, -0.05) is 54.0 Å². The van der Waals surface area contributed by atoms with E-state index in [-0.39, 0.29) is 12.1 Å². The van der Waals surface area contributed by atoms with E-state index in [0.717, 1.165) is 28.7 Å². The molecule has 2 aliphatic rings. The van der Waals surface area contributed by atoms with Crippen LogP contribution < -0.4 is 0 Å². The molecule has 28 heavy (non-hydrogen) atoms. The number of rotatable bonds is 3. The molecule has 1 fully saturated rings. The zero-order valence-corrected chi connectivity index (χ0v) is 17.4. The van der Waals surface area contributed by atoms with Crippen molar-refractivity contribution in [1.29, 1.82) is 0 Å². The molecule has 4 nitrogen and oxygen atoms in total. The lowest BCUT2D eigenvalue weighted by molar-refractivity contribution is 0.277. The number of hydrogen-bond donors (Lipinski definition) is 0. The van der Waals surface area contributed by atoms with E-state index in [2.05, 4.69) is 16.8 Å². The van der Waals surface area contributed by atoms with Gasteiger partial charge >= 0.3 is 0 Å². The van der Waals surface area contributed by atoms with Crippen LogP contribution in [0.2, 0.25) is 10.0 Å². The van der Waals surface area contributed by atoms with Crippen LogP contribution in [-0.4, -0.2) is 26.8 Å². The average Bonchev–Trinajstić information content (AvgIpc) is 3.38. The normalized spacial score (nSPS) is 23.8. The summed E-state index contributed by atoms with van der Waals surface area (Å²) in [5, 5.41) is 2.58. The number of benzene rings is 1. The predicted molar refractivity (Wildman–Crippen MR) is 115 cm³/mol. The Labute approximate surface area is 177 Å². The summed E-state index contributed by atoms with van der Waals surface area (Å²) in [6.45, 7) is 3.16. The maximum Gasteiger partial charge on any atom is 0.161 e. The summed E-state index contributed by atoms with van der Waals surface area (Å²) in [6, 6.07) is 15.4. The number of aliphatic imine (C=N–C) groups is 1. The second-order valence-corrected chi connectivity index (χ2v) is 9.13. The molecule has 1 aromatic carbocycles. The summed E-state index contributed by atoms with van der Waals surface area (Å²) < 4.78 is 6.29. The van der Waals surface area contributed by atoms with E-state index in [1.807, 2.05) is 60.4 Å². The van der Waals surface area contributed by atoms with Crippen LogP contribution in [0, 0.1) is 0 Å². The number of hydrogen-bond acceptors (Lipinski definition) is 5. The smallest absolute Gasteiger partial charge is 0.161 e. The molecule has 142 valence electrons. The highest BCUT2D eigenvalue weighted by molar-refractivity contribution is 8.14. The van der Waals surface area contributed by atoms with Crippen LogP contribution in [0.15, 0.2) is 64.1 Å². The molecule has 0 spiro atoms. The van der Waals surface area contributed by atoms with Gasteiger partial charge in [-0.2, -0.15) is 0 Å². The molecule has 0 aliphatic carbocycles. The topological polar surface area (TPSA) is 41.6 Å². The van der Waals surface area contributed by atoms with Crippen molar-refractivity contribution in [2.75, 3.05) is 6.54 Å². The van der Waals surface area contributed by atoms with E-state index in [1.54, 1.807) is 6.07 Å². The minimum Gasteiger partial charge on any atom is -0.459 e. The fourth-order valence-electron chi connectivity index (χ4n) is 3.78. The number of fused-ring (bicyclic) bond motifs is 1. The molecule has 0 unspecified atom stereocenters. The third-order valence-electron chi connectivity index (χ3n) is 5.02. The van der Waals surface area contributed by atoms with Gasteiger partial charge in [-0.3, -0.25) is 4.98 Å². The van der Waals surface area contributed by atoms with Crippen molar-refractivity contribution in [3.05, 3.63) is 76.2 Å². The van der Waals surface area contributed by atoms with Gasteiger partial charge in [-0.25, -0.2) is 4.99 Å². The average molecular weight is 430 g/mol. The Balaban J connectivity index is 1.55. The number of halogens is 2. The standard InChI is InChI=1S/C21H17Cl2N3OS/c1-12-11-26-20(19(25-21(26)28-12)15-7-2-3-10-24-15)17-9-8-16(27-17)13-5-4-6-14(22)18(13)23/h2-10,12,19-20H,11H2,1H3/t12-,19-,20+/m1/s1. The highest BCUT2D eigenvalue weighted by atomic mass is 35.5. The number of thioether (sulfide) groups is 1. The quantitative estimate of drug-likeness (QED) is 0.494. The number of furan rings is 1. The highest BCUT2D eigenvalue weighted by Gasteiger charge is 2.45. The lowest BCUT2D eigenvalue weighted by atomic mass is 10.0. The molecule has 3 atom stereocenters. The van der Waals surface area contributed by atoms with Crippen LogP contribution in [0.25, 0.3) is 11.3 Å². The molecule has 2 aromatic heterocycles. The van der Waals surface area contributed by atoms with Gasteiger partial charge in [0.25, 0.3) is 0 Å². The number of pyridine rings is 1. The van der Waals surface area contributed by atoms with Crippen LogP contribution in [0.5, 0.6) is 0 Å². The number of aromatic nitrogens is 1. The van der Waals surface area contributed by atoms with Crippen LogP contribution >= 0.6 is 35.0 Å². The molecular formula is C21H17Cl2N3OS. The summed E-state index contributed by atoms with van der Waals surface area (Å²) in [4.78, 5) is 11.9. The Hall–Kier alpha value is -1.95. The van der Waals surface area contributed by atoms with Crippen molar-refractivity contribution in [3.63, 3.8) is 0 Å². The third-order valence-corrected chi connectivity index (χ3v) is 6.94. The minimum atomic E-state index is -0.0926. The molecule has 0 amide bonds. The molecule has 0 N–H and O–H groups in total. The summed E-state index contributed by atoms with van der Waals surface area (Å²) in [6.07, 6.45) is 1.81. The molecule has 4 heterocycles. The fraction of sp³-hybridized carbons (Fsp3) is 0.238. The Morgan fingerprint density at radius 3 is 2.82 bits per heavy atom. The van der Waals surface area contributed by atoms with E-state index in [4.69, 9.17) is 32.6 Å². The maximum absolute atomic E-state index is 6.39. The first-order valence-corrected chi connectivity index (χ1v) is 10.7. The van der Waals surface area contributed by atoms with Gasteiger partial charge in [0.1, 0.15) is 23.6 Å². The first kappa shape index (κ1) is 18.1. The Morgan fingerprint density at radius 2 is 2.00 bits per heavy atom. The SMILES string of the molecule is C[C@@H]1CN2C(=N[C@H](c3ccccn3)[C@@H]2c2ccc(-c3cccc(Cl)c3Cl)o2)S1. The van der Waals surface area contributed by atoms with Gasteiger partial charge in [0.05, 0.1) is 15.7 Å². The lowest BCUT2D eigenvalue weighted by Gasteiger charge is -2.25. The van der Waals surface area contributed by atoms with Crippen molar-refractivity contribution >= 4 is 40.1 Å². The second kappa shape index (κ2) is 7.14. The molecule has 7 heteroatoms. The first-order valence-electron chi connectivity index (χ1n) is 9.08. The van der Waals surface area contributed by atoms with Gasteiger partial charge in [-0.05, 0) is 36.4 Å². The van der Waals surface area contributed by atoms with Gasteiger partial charge in [-0.15, -0.1) is 0 Å². The summed E-state index contributed by atoms with van der Waals surface area (Å²) in [7, 11) is 0. The summed E-state index contributed by atoms with van der Waals surface area (Å²) >= 11 is 14.4. The van der Waals surface area contributed by atoms with Gasteiger partial charge in [0.15, 0.2) is 5.17 Å². The van der Waals surface area contributed by atoms with E-state index >= 15 is 0 Å². The zero-order chi connectivity index (χ0) is 19.3. The highest BCUT2D eigenvalue weighted by Crippen LogP contribution is 2.48. The monoisotopic (exact) mass is 429 g/mol. The Morgan fingerprint density at radius 1 is 1.11 bits per heavy atom. The Kier molecular flexibility index (Phi) is 4.62. The van der Waals surface area contributed by atoms with Crippen molar-refractivity contribution in [3.8, 4) is 11.3 Å². The fourth-order valence-corrected chi connectivity index (χ4v) is 5.26. The number of nitrogens with zero attached hydrogens (tertiary/aromatic N) is 3. The Bertz CT molecular complexity index is 1050. The van der Waals surface area contributed by atoms with Crippen molar-refractivity contribution in [2.45, 2.75) is 24.3 Å². The maximum atomic E-state index is 6.39. The zero-order valence-electron chi connectivity index (χ0n) is 15.0. The molecule has 1 saturated heterocycles. The summed E-state index contributed by atoms with van der Waals surface area (Å²) in [5.41, 5.74) is 1.74. The van der Waals surface area contributed by atoms with Crippen LogP contribution in [0.3, 0.4) is 0 Å². The molecular weight excluding hydrogens is 413 g/mol.